The van der Waals surface area contributed by atoms with Crippen LogP contribution >= 0.6 is 11.3 Å². The molecule has 0 saturated heterocycles. The lowest BCUT2D eigenvalue weighted by Gasteiger charge is -2.28. The van der Waals surface area contributed by atoms with Crippen molar-refractivity contribution in [1.29, 1.82) is 0 Å². The maximum Gasteiger partial charge on any atom is 0.305 e. The van der Waals surface area contributed by atoms with Crippen molar-refractivity contribution in [3.63, 3.8) is 0 Å². The summed E-state index contributed by atoms with van der Waals surface area (Å²) in [6.45, 7) is 1.84. The number of aryl methyl sites for hydroxylation is 1. The third kappa shape index (κ3) is 3.00. The molecule has 2 aromatic rings. The summed E-state index contributed by atoms with van der Waals surface area (Å²) in [4.78, 5) is 39.2. The van der Waals surface area contributed by atoms with E-state index in [-0.39, 0.29) is 13.0 Å². The molecular weight excluding hydrogens is 326 g/mol. The van der Waals surface area contributed by atoms with Crippen molar-refractivity contribution in [3.8, 4) is 0 Å². The van der Waals surface area contributed by atoms with Gasteiger partial charge in [0, 0.05) is 27.4 Å². The number of hydrogen-bond acceptors (Lipinski definition) is 4. The van der Waals surface area contributed by atoms with Gasteiger partial charge >= 0.3 is 5.97 Å². The molecule has 2 amide bonds. The summed E-state index contributed by atoms with van der Waals surface area (Å²) >= 11 is 1.55. The van der Waals surface area contributed by atoms with E-state index in [0.29, 0.717) is 16.7 Å². The van der Waals surface area contributed by atoms with E-state index in [1.807, 2.05) is 19.1 Å². The monoisotopic (exact) mass is 341 g/mol. The second-order valence-electron chi connectivity index (χ2n) is 5.46. The topological polar surface area (TPSA) is 74.7 Å². The minimum absolute atomic E-state index is 0.137. The van der Waals surface area contributed by atoms with Crippen molar-refractivity contribution in [2.45, 2.75) is 13.3 Å². The molecule has 1 aliphatic rings. The van der Waals surface area contributed by atoms with Gasteiger partial charge in [-0.1, -0.05) is 18.2 Å². The number of aliphatic carboxylic acids is 1. The first-order valence-corrected chi connectivity index (χ1v) is 8.24. The van der Waals surface area contributed by atoms with E-state index in [4.69, 9.17) is 5.11 Å². The molecule has 0 saturated carbocycles. The summed E-state index contributed by atoms with van der Waals surface area (Å²) < 4.78 is 0. The van der Waals surface area contributed by atoms with Crippen LogP contribution in [0, 0.1) is 6.92 Å². The summed E-state index contributed by atoms with van der Waals surface area (Å²) in [6.07, 6.45) is 1.49. The summed E-state index contributed by atoms with van der Waals surface area (Å²) in [5.74, 6) is -1.95. The lowest BCUT2D eigenvalue weighted by Crippen LogP contribution is -2.42. The van der Waals surface area contributed by atoms with E-state index < -0.39 is 17.8 Å². The van der Waals surface area contributed by atoms with Gasteiger partial charge in [-0.2, -0.15) is 0 Å². The molecule has 1 N–H and O–H groups in total. The van der Waals surface area contributed by atoms with Gasteiger partial charge in [0.2, 0.25) is 0 Å². The number of imide groups is 1. The highest BCUT2D eigenvalue weighted by Gasteiger charge is 2.34. The maximum absolute atomic E-state index is 12.8. The number of benzene rings is 1. The number of amides is 2. The number of fused-ring (bicyclic) bond motifs is 1. The van der Waals surface area contributed by atoms with Gasteiger partial charge in [0.1, 0.15) is 0 Å². The molecule has 0 fully saturated rings. The van der Waals surface area contributed by atoms with Crippen LogP contribution in [0.15, 0.2) is 36.4 Å². The molecule has 5 nitrogen and oxygen atoms in total. The van der Waals surface area contributed by atoms with Gasteiger partial charge in [-0.05, 0) is 36.8 Å². The average Bonchev–Trinajstić information content (AvgIpc) is 2.96. The van der Waals surface area contributed by atoms with Crippen LogP contribution in [0.1, 0.15) is 32.1 Å². The van der Waals surface area contributed by atoms with Gasteiger partial charge in [0.05, 0.1) is 6.42 Å². The molecule has 1 aromatic carbocycles. The van der Waals surface area contributed by atoms with Gasteiger partial charge in [-0.3, -0.25) is 19.3 Å². The molecule has 24 heavy (non-hydrogen) atoms. The highest BCUT2D eigenvalue weighted by Crippen LogP contribution is 2.31. The highest BCUT2D eigenvalue weighted by atomic mass is 32.1. The Morgan fingerprint density at radius 2 is 1.83 bits per heavy atom. The molecule has 1 aromatic heterocycles. The molecule has 122 valence electrons. The Hall–Kier alpha value is -2.73. The summed E-state index contributed by atoms with van der Waals surface area (Å²) in [6, 6.07) is 10.8. The fraction of sp³-hybridized carbons (Fsp3) is 0.167. The molecule has 0 spiro atoms. The lowest BCUT2D eigenvalue weighted by atomic mass is 9.93. The fourth-order valence-electron chi connectivity index (χ4n) is 2.63. The predicted octanol–water partition coefficient (Wildman–Crippen LogP) is 3.05. The molecule has 0 radical (unpaired) electrons. The molecule has 2 heterocycles. The van der Waals surface area contributed by atoms with E-state index in [1.165, 1.54) is 0 Å². The second kappa shape index (κ2) is 6.41. The first-order valence-electron chi connectivity index (χ1n) is 7.43. The molecule has 0 unspecified atom stereocenters. The zero-order valence-electron chi connectivity index (χ0n) is 13.0. The first-order chi connectivity index (χ1) is 11.5. The van der Waals surface area contributed by atoms with Crippen molar-refractivity contribution in [2.24, 2.45) is 0 Å². The van der Waals surface area contributed by atoms with Crippen LogP contribution in [0.4, 0.5) is 0 Å². The number of carboxylic acids is 1. The molecule has 0 aliphatic carbocycles. The van der Waals surface area contributed by atoms with Crippen LogP contribution < -0.4 is 0 Å². The number of carbonyl (C=O) groups excluding carboxylic acids is 2. The fourth-order valence-corrected chi connectivity index (χ4v) is 3.45. The maximum atomic E-state index is 12.8. The van der Waals surface area contributed by atoms with E-state index in [9.17, 15) is 14.4 Å². The van der Waals surface area contributed by atoms with Crippen LogP contribution in [0.2, 0.25) is 0 Å². The Balaban J connectivity index is 2.07. The summed E-state index contributed by atoms with van der Waals surface area (Å²) in [5, 5.41) is 8.85. The third-order valence-corrected chi connectivity index (χ3v) is 4.71. The van der Waals surface area contributed by atoms with Gasteiger partial charge in [0.25, 0.3) is 11.8 Å². The zero-order valence-corrected chi connectivity index (χ0v) is 13.8. The Bertz CT molecular complexity index is 865. The highest BCUT2D eigenvalue weighted by molar-refractivity contribution is 7.12. The average molecular weight is 341 g/mol. The largest absolute Gasteiger partial charge is 0.481 e. The summed E-state index contributed by atoms with van der Waals surface area (Å²) in [5.41, 5.74) is 1.42. The minimum Gasteiger partial charge on any atom is -0.481 e. The minimum atomic E-state index is -1.05. The van der Waals surface area contributed by atoms with Gasteiger partial charge < -0.3 is 5.11 Å². The number of rotatable bonds is 4. The number of thiophene rings is 1. The van der Waals surface area contributed by atoms with Crippen molar-refractivity contribution >= 4 is 40.8 Å². The van der Waals surface area contributed by atoms with Gasteiger partial charge in [-0.25, -0.2) is 0 Å². The van der Waals surface area contributed by atoms with Crippen molar-refractivity contribution in [2.75, 3.05) is 6.54 Å². The normalized spacial score (nSPS) is 15.7. The van der Waals surface area contributed by atoms with Crippen molar-refractivity contribution in [1.82, 2.24) is 4.90 Å². The Morgan fingerprint density at radius 3 is 2.46 bits per heavy atom. The van der Waals surface area contributed by atoms with E-state index >= 15 is 0 Å². The quantitative estimate of drug-likeness (QED) is 0.685. The van der Waals surface area contributed by atoms with E-state index in [0.717, 1.165) is 14.7 Å². The smallest absolute Gasteiger partial charge is 0.305 e. The number of carboxylic acid groups (broad SMARTS) is 1. The molecular formula is C18H15NO4S. The van der Waals surface area contributed by atoms with Gasteiger partial charge in [0.15, 0.2) is 0 Å². The molecule has 0 bridgehead atoms. The lowest BCUT2D eigenvalue weighted by molar-refractivity contribution is -0.137. The summed E-state index contributed by atoms with van der Waals surface area (Å²) in [7, 11) is 0. The Kier molecular flexibility index (Phi) is 4.31. The molecule has 0 atom stereocenters. The van der Waals surface area contributed by atoms with Gasteiger partial charge in [-0.15, -0.1) is 11.3 Å². The van der Waals surface area contributed by atoms with Crippen LogP contribution in [0.3, 0.4) is 0 Å². The van der Waals surface area contributed by atoms with Crippen LogP contribution in [0.25, 0.3) is 11.6 Å². The number of carbonyl (C=O) groups is 3. The van der Waals surface area contributed by atoms with Crippen LogP contribution in [0.5, 0.6) is 0 Å². The number of nitrogens with zero attached hydrogens (tertiary/aromatic N) is 1. The number of hydrogen-bond donors (Lipinski definition) is 1. The Morgan fingerprint density at radius 1 is 1.12 bits per heavy atom. The third-order valence-electron chi connectivity index (χ3n) is 3.77. The molecule has 6 heteroatoms. The SMILES string of the molecule is Cc1ccc(/C=C2\C(=O)N(CCC(=O)O)C(=O)c3ccccc32)s1. The van der Waals surface area contributed by atoms with Crippen LogP contribution in [-0.4, -0.2) is 34.3 Å². The predicted molar refractivity (Wildman–Crippen MR) is 91.7 cm³/mol. The molecule has 1 aliphatic heterocycles. The van der Waals surface area contributed by atoms with E-state index in [1.54, 1.807) is 41.7 Å². The second-order valence-corrected chi connectivity index (χ2v) is 6.78. The van der Waals surface area contributed by atoms with Crippen molar-refractivity contribution < 1.29 is 19.5 Å². The first kappa shape index (κ1) is 16.1. The van der Waals surface area contributed by atoms with Crippen LogP contribution in [-0.2, 0) is 9.59 Å². The van der Waals surface area contributed by atoms with E-state index in [2.05, 4.69) is 0 Å². The Labute approximate surface area is 142 Å². The van der Waals surface area contributed by atoms with Crippen molar-refractivity contribution in [3.05, 3.63) is 57.3 Å². The zero-order chi connectivity index (χ0) is 17.3. The molecule has 3 rings (SSSR count). The standard InChI is InChI=1S/C18H15NO4S/c1-11-6-7-12(24-11)10-15-13-4-2-3-5-14(13)17(22)19(18(15)23)9-8-16(20)21/h2-7,10H,8-9H2,1H3,(H,20,21)/b15-10-.